The van der Waals surface area contributed by atoms with Gasteiger partial charge in [-0.05, 0) is 11.6 Å². The molecule has 1 aromatic carbocycles. The Balaban J connectivity index is 1.63. The zero-order chi connectivity index (χ0) is 21.1. The van der Waals surface area contributed by atoms with Crippen molar-refractivity contribution in [3.05, 3.63) is 64.6 Å². The predicted molar refractivity (Wildman–Crippen MR) is 114 cm³/mol. The van der Waals surface area contributed by atoms with Crippen LogP contribution in [0.4, 0.5) is 11.8 Å². The number of rotatable bonds is 6. The highest BCUT2D eigenvalue weighted by Crippen LogP contribution is 2.32. The molecule has 1 fully saturated rings. The molecule has 2 heterocycles. The molecule has 30 heavy (non-hydrogen) atoms. The molecule has 9 heteroatoms. The number of anilines is 2. The maximum atomic E-state index is 11.5. The smallest absolute Gasteiger partial charge is 0.331 e. The fourth-order valence-corrected chi connectivity index (χ4v) is 3.44. The summed E-state index contributed by atoms with van der Waals surface area (Å²) in [5, 5.41) is 20.5. The molecule has 0 radical (unpaired) electrons. The summed E-state index contributed by atoms with van der Waals surface area (Å²) in [5.74, 6) is 0.195. The molecular weight excluding hydrogens is 384 g/mol. The molecule has 2 aliphatic rings. The van der Waals surface area contributed by atoms with Crippen molar-refractivity contribution >= 4 is 29.5 Å². The van der Waals surface area contributed by atoms with Gasteiger partial charge in [0, 0.05) is 36.7 Å². The third-order valence-corrected chi connectivity index (χ3v) is 4.92. The minimum absolute atomic E-state index is 0.220. The molecule has 0 bridgehead atoms. The number of benzene rings is 1. The van der Waals surface area contributed by atoms with Gasteiger partial charge < -0.3 is 31.2 Å². The highest BCUT2D eigenvalue weighted by Gasteiger charge is 2.27. The molecule has 5 N–H and O–H groups in total. The summed E-state index contributed by atoms with van der Waals surface area (Å²) in [5.41, 5.74) is 8.70. The lowest BCUT2D eigenvalue weighted by Crippen LogP contribution is -2.37. The SMILES string of the molecule is N=C(/C=C(\N)Nc1nc2c(c(N3CCOCC3)n1)CC(C(=O)O)=C2)c1ccccc1. The number of hydrogen-bond donors (Lipinski definition) is 4. The Morgan fingerprint density at radius 2 is 1.97 bits per heavy atom. The molecule has 1 aliphatic heterocycles. The molecule has 0 atom stereocenters. The summed E-state index contributed by atoms with van der Waals surface area (Å²) in [4.78, 5) is 22.6. The van der Waals surface area contributed by atoms with Crippen LogP contribution in [-0.2, 0) is 16.0 Å². The number of fused-ring (bicyclic) bond motifs is 1. The molecule has 0 saturated carbocycles. The van der Waals surface area contributed by atoms with E-state index in [0.717, 1.165) is 11.1 Å². The van der Waals surface area contributed by atoms with E-state index in [1.165, 1.54) is 6.08 Å². The number of aliphatic carboxylic acids is 1. The lowest BCUT2D eigenvalue weighted by molar-refractivity contribution is -0.132. The topological polar surface area (TPSA) is 137 Å². The second-order valence-corrected chi connectivity index (χ2v) is 6.99. The standard InChI is InChI=1S/C21H22N6O3/c22-16(13-4-2-1-3-5-13)12-18(23)25-21-24-17-11-14(20(28)29)10-15(17)19(26-21)27-6-8-30-9-7-27/h1-5,11-12,22H,6-10,23H2,(H,28,29)(H,24,25,26)/b18-12+,22-16?. The summed E-state index contributed by atoms with van der Waals surface area (Å²) in [6.07, 6.45) is 3.35. The summed E-state index contributed by atoms with van der Waals surface area (Å²) in [7, 11) is 0. The number of allylic oxidation sites excluding steroid dienone is 1. The molecule has 1 aliphatic carbocycles. The maximum absolute atomic E-state index is 11.5. The average Bonchev–Trinajstić information content (AvgIpc) is 3.19. The third-order valence-electron chi connectivity index (χ3n) is 4.92. The van der Waals surface area contributed by atoms with Gasteiger partial charge in [-0.25, -0.2) is 9.78 Å². The summed E-state index contributed by atoms with van der Waals surface area (Å²) < 4.78 is 5.42. The molecule has 9 nitrogen and oxygen atoms in total. The van der Waals surface area contributed by atoms with E-state index in [1.54, 1.807) is 6.08 Å². The van der Waals surface area contributed by atoms with Gasteiger partial charge in [-0.1, -0.05) is 30.3 Å². The highest BCUT2D eigenvalue weighted by molar-refractivity contribution is 6.07. The monoisotopic (exact) mass is 406 g/mol. The lowest BCUT2D eigenvalue weighted by Gasteiger charge is -2.29. The van der Waals surface area contributed by atoms with Gasteiger partial charge in [0.05, 0.1) is 24.6 Å². The van der Waals surface area contributed by atoms with Crippen LogP contribution in [0.2, 0.25) is 0 Å². The van der Waals surface area contributed by atoms with E-state index < -0.39 is 5.97 Å². The first-order valence-corrected chi connectivity index (χ1v) is 9.57. The van der Waals surface area contributed by atoms with Gasteiger partial charge in [0.1, 0.15) is 11.6 Å². The first kappa shape index (κ1) is 19.6. The minimum atomic E-state index is -0.967. The lowest BCUT2D eigenvalue weighted by atomic mass is 10.1. The average molecular weight is 406 g/mol. The number of nitrogens with one attached hydrogen (secondary N) is 2. The van der Waals surface area contributed by atoms with Crippen LogP contribution in [0.15, 0.2) is 47.8 Å². The van der Waals surface area contributed by atoms with Crippen LogP contribution in [-0.4, -0.2) is 53.1 Å². The van der Waals surface area contributed by atoms with E-state index in [0.29, 0.717) is 37.8 Å². The molecule has 1 aromatic heterocycles. The van der Waals surface area contributed by atoms with Crippen molar-refractivity contribution in [2.45, 2.75) is 6.42 Å². The number of carboxylic acids is 1. The van der Waals surface area contributed by atoms with Crippen molar-refractivity contribution in [2.24, 2.45) is 5.73 Å². The molecule has 0 spiro atoms. The molecule has 0 amide bonds. The van der Waals surface area contributed by atoms with Gasteiger partial charge >= 0.3 is 5.97 Å². The fraction of sp³-hybridized carbons (Fsp3) is 0.238. The van der Waals surface area contributed by atoms with Crippen LogP contribution in [0.1, 0.15) is 16.8 Å². The van der Waals surface area contributed by atoms with Crippen LogP contribution < -0.4 is 16.0 Å². The van der Waals surface area contributed by atoms with Crippen LogP contribution in [0.5, 0.6) is 0 Å². The Morgan fingerprint density at radius 1 is 1.23 bits per heavy atom. The van der Waals surface area contributed by atoms with Gasteiger partial charge in [-0.2, -0.15) is 4.98 Å². The van der Waals surface area contributed by atoms with Gasteiger partial charge in [0.2, 0.25) is 5.95 Å². The Labute approximate surface area is 173 Å². The van der Waals surface area contributed by atoms with Crippen molar-refractivity contribution < 1.29 is 14.6 Å². The number of hydrogen-bond acceptors (Lipinski definition) is 8. The van der Waals surface area contributed by atoms with Crippen LogP contribution >= 0.6 is 0 Å². The highest BCUT2D eigenvalue weighted by atomic mass is 16.5. The Hall–Kier alpha value is -3.72. The normalized spacial score (nSPS) is 16.1. The van der Waals surface area contributed by atoms with Crippen LogP contribution in [0, 0.1) is 5.41 Å². The predicted octanol–water partition coefficient (Wildman–Crippen LogP) is 1.62. The maximum Gasteiger partial charge on any atom is 0.331 e. The Bertz CT molecular complexity index is 1040. The first-order valence-electron chi connectivity index (χ1n) is 9.57. The fourth-order valence-electron chi connectivity index (χ4n) is 3.44. The van der Waals surface area contributed by atoms with E-state index in [4.69, 9.17) is 15.9 Å². The Kier molecular flexibility index (Phi) is 5.44. The van der Waals surface area contributed by atoms with Gasteiger partial charge in [-0.3, -0.25) is 0 Å². The zero-order valence-corrected chi connectivity index (χ0v) is 16.3. The molecule has 154 valence electrons. The molecule has 4 rings (SSSR count). The molecular formula is C21H22N6O3. The van der Waals surface area contributed by atoms with Crippen molar-refractivity contribution in [1.82, 2.24) is 9.97 Å². The molecule has 0 unspecified atom stereocenters. The van der Waals surface area contributed by atoms with E-state index in [-0.39, 0.29) is 29.5 Å². The summed E-state index contributed by atoms with van der Waals surface area (Å²) in [6, 6.07) is 9.24. The first-order chi connectivity index (χ1) is 14.5. The number of nitrogens with zero attached hydrogens (tertiary/aromatic N) is 3. The molecule has 2 aromatic rings. The zero-order valence-electron chi connectivity index (χ0n) is 16.3. The number of aromatic nitrogens is 2. The number of nitrogens with two attached hydrogens (primary N) is 1. The van der Waals surface area contributed by atoms with Crippen molar-refractivity contribution in [2.75, 3.05) is 36.5 Å². The van der Waals surface area contributed by atoms with Gasteiger partial charge in [-0.15, -0.1) is 0 Å². The molecule has 1 saturated heterocycles. The third kappa shape index (κ3) is 4.15. The number of carbonyl (C=O) groups is 1. The van der Waals surface area contributed by atoms with Crippen molar-refractivity contribution in [3.8, 4) is 0 Å². The number of morpholine rings is 1. The van der Waals surface area contributed by atoms with Crippen LogP contribution in [0.3, 0.4) is 0 Å². The Morgan fingerprint density at radius 3 is 2.67 bits per heavy atom. The van der Waals surface area contributed by atoms with Gasteiger partial charge in [0.25, 0.3) is 0 Å². The van der Waals surface area contributed by atoms with Crippen LogP contribution in [0.25, 0.3) is 6.08 Å². The summed E-state index contributed by atoms with van der Waals surface area (Å²) >= 11 is 0. The van der Waals surface area contributed by atoms with E-state index in [2.05, 4.69) is 20.2 Å². The van der Waals surface area contributed by atoms with Crippen molar-refractivity contribution in [1.29, 1.82) is 5.41 Å². The summed E-state index contributed by atoms with van der Waals surface area (Å²) in [6.45, 7) is 2.48. The van der Waals surface area contributed by atoms with E-state index in [9.17, 15) is 9.90 Å². The number of carboxylic acid groups (broad SMARTS) is 1. The quantitative estimate of drug-likeness (QED) is 0.531. The van der Waals surface area contributed by atoms with E-state index >= 15 is 0 Å². The second-order valence-electron chi connectivity index (χ2n) is 6.99. The van der Waals surface area contributed by atoms with Crippen molar-refractivity contribution in [3.63, 3.8) is 0 Å². The van der Waals surface area contributed by atoms with Gasteiger partial charge in [0.15, 0.2) is 0 Å². The second kappa shape index (κ2) is 8.34. The van der Waals surface area contributed by atoms with E-state index in [1.807, 2.05) is 30.3 Å². The minimum Gasteiger partial charge on any atom is -0.478 e. The number of ether oxygens (including phenoxy) is 1. The largest absolute Gasteiger partial charge is 0.478 e.